The van der Waals surface area contributed by atoms with Gasteiger partial charge in [-0.1, -0.05) is 87.5 Å². The molecule has 8 nitrogen and oxygen atoms in total. The summed E-state index contributed by atoms with van der Waals surface area (Å²) in [5, 5.41) is 2.65. The van der Waals surface area contributed by atoms with Crippen molar-refractivity contribution in [1.82, 2.24) is 15.2 Å². The quantitative estimate of drug-likeness (QED) is 0.200. The number of carbonyl (C=O) groups excluding carboxylic acids is 3. The average molecular weight is 708 g/mol. The molecule has 0 spiro atoms. The van der Waals surface area contributed by atoms with Crippen LogP contribution in [0.4, 0.5) is 0 Å². The van der Waals surface area contributed by atoms with E-state index in [1.807, 2.05) is 51.2 Å². The van der Waals surface area contributed by atoms with E-state index in [2.05, 4.69) is 98.8 Å². The topological polar surface area (TPSA) is 97.0 Å². The maximum atomic E-state index is 14.2. The minimum atomic E-state index is -2.39. The van der Waals surface area contributed by atoms with Crippen molar-refractivity contribution in [3.63, 3.8) is 0 Å². The van der Waals surface area contributed by atoms with Crippen molar-refractivity contribution in [2.45, 2.75) is 159 Å². The van der Waals surface area contributed by atoms with Gasteiger partial charge >= 0.3 is 5.97 Å². The lowest BCUT2D eigenvalue weighted by atomic mass is 9.95. The summed E-state index contributed by atoms with van der Waals surface area (Å²) in [7, 11) is -6.57. The molecule has 1 aromatic carbocycles. The first-order valence-corrected chi connectivity index (χ1v) is 26.2. The van der Waals surface area contributed by atoms with Crippen LogP contribution in [0.15, 0.2) is 24.3 Å². The van der Waals surface area contributed by atoms with E-state index in [-0.39, 0.29) is 38.3 Å². The van der Waals surface area contributed by atoms with Crippen LogP contribution in [0.25, 0.3) is 0 Å². The van der Waals surface area contributed by atoms with Gasteiger partial charge in [0.1, 0.15) is 37.5 Å². The van der Waals surface area contributed by atoms with Gasteiger partial charge in [0.25, 0.3) is 8.32 Å². The Bertz CT molecular complexity index is 1330. The number of amides is 2. The van der Waals surface area contributed by atoms with Gasteiger partial charge < -0.3 is 24.1 Å². The summed E-state index contributed by atoms with van der Waals surface area (Å²) in [6.45, 7) is 36.4. The third kappa shape index (κ3) is 7.66. The van der Waals surface area contributed by atoms with Gasteiger partial charge in [0, 0.05) is 4.75 Å². The Hall–Kier alpha value is -1.61. The van der Waals surface area contributed by atoms with Gasteiger partial charge in [-0.25, -0.2) is 0 Å². The first-order valence-electron chi connectivity index (χ1n) is 16.5. The first kappa shape index (κ1) is 38.8. The summed E-state index contributed by atoms with van der Waals surface area (Å²) in [5.74, 6) is -0.0292. The second kappa shape index (κ2) is 12.4. The second-order valence-corrected chi connectivity index (χ2v) is 34.6. The smallest absolute Gasteiger partial charge is 0.317 e. The average Bonchev–Trinajstić information content (AvgIpc) is 3.11. The number of nitrogens with zero attached hydrogens (tertiary/aromatic N) is 1. The van der Waals surface area contributed by atoms with Gasteiger partial charge in [0.2, 0.25) is 20.1 Å². The maximum absolute atomic E-state index is 14.2. The molecule has 2 heterocycles. The van der Waals surface area contributed by atoms with Crippen LogP contribution in [0.1, 0.15) is 87.8 Å². The van der Waals surface area contributed by atoms with Crippen molar-refractivity contribution in [2.75, 3.05) is 0 Å². The van der Waals surface area contributed by atoms with Gasteiger partial charge in [-0.3, -0.25) is 14.4 Å². The summed E-state index contributed by atoms with van der Waals surface area (Å²) in [6.07, 6.45) is 0. The van der Waals surface area contributed by atoms with E-state index in [0.717, 1.165) is 11.3 Å². The first-order chi connectivity index (χ1) is 20.4. The zero-order chi connectivity index (χ0) is 35.6. The monoisotopic (exact) mass is 707 g/mol. The van der Waals surface area contributed by atoms with Gasteiger partial charge in [-0.05, 0) is 72.8 Å². The largest absolute Gasteiger partial charge is 0.544 e. The third-order valence-corrected chi connectivity index (χ3v) is 26.2. The number of carbonyl (C=O) groups is 3. The number of nitrogens with one attached hydrogen (secondary N) is 2. The van der Waals surface area contributed by atoms with Crippen molar-refractivity contribution >= 4 is 54.4 Å². The highest BCUT2D eigenvalue weighted by Gasteiger charge is 2.65. The molecular formula is C34H61N3O5SSi3. The molecule has 3 rings (SSSR count). The number of fused-ring (bicyclic) bond motifs is 1. The molecular weight excluding hydrogens is 647 g/mol. The van der Waals surface area contributed by atoms with Crippen LogP contribution in [0.2, 0.25) is 54.4 Å². The normalized spacial score (nSPS) is 22.9. The van der Waals surface area contributed by atoms with Gasteiger partial charge in [0.05, 0.1) is 0 Å². The molecule has 2 saturated heterocycles. The Balaban J connectivity index is 1.86. The van der Waals surface area contributed by atoms with Crippen molar-refractivity contribution in [3.8, 4) is 5.75 Å². The minimum absolute atomic E-state index is 0.0247. The van der Waals surface area contributed by atoms with Crippen LogP contribution in [-0.4, -0.2) is 69.8 Å². The molecule has 4 atom stereocenters. The Morgan fingerprint density at radius 2 is 1.35 bits per heavy atom. The van der Waals surface area contributed by atoms with Crippen LogP contribution in [0.3, 0.4) is 0 Å². The molecule has 0 radical (unpaired) electrons. The molecule has 2 fully saturated rings. The number of β-lactam (4-membered cyclic amide) rings is 1. The number of thioether (sulfide) groups is 1. The number of rotatable bonds is 9. The van der Waals surface area contributed by atoms with Crippen LogP contribution in [0, 0.1) is 0 Å². The Kier molecular flexibility index (Phi) is 10.4. The van der Waals surface area contributed by atoms with E-state index < -0.39 is 47.7 Å². The van der Waals surface area contributed by atoms with E-state index >= 15 is 0 Å². The highest BCUT2D eigenvalue weighted by Crippen LogP contribution is 2.52. The molecule has 1 aromatic rings. The molecule has 46 heavy (non-hydrogen) atoms. The molecule has 2 aliphatic rings. The standard InChI is InChI=1S/C34H61N3O5SSi3/c1-31(2,3)44(12,13)36-24(22-18-20-23(21-19-22)41-45(14,15)32(4,5)6)27(38)35-25-28(39)37-26(34(10,11)43-29(25)37)30(40)42-46(16,17)33(7,8)9/h18-21,24-26,29,36H,1-17H3,(H,35,38). The second-order valence-electron chi connectivity index (χ2n) is 18.3. The fraction of sp³-hybridized carbons (Fsp3) is 0.735. The molecule has 2 aliphatic heterocycles. The lowest BCUT2D eigenvalue weighted by molar-refractivity contribution is -0.160. The fourth-order valence-corrected chi connectivity index (χ4v) is 9.90. The lowest BCUT2D eigenvalue weighted by Gasteiger charge is -2.46. The van der Waals surface area contributed by atoms with Crippen LogP contribution < -0.4 is 14.7 Å². The lowest BCUT2D eigenvalue weighted by Crippen LogP contribution is -2.71. The van der Waals surface area contributed by atoms with E-state index in [1.165, 1.54) is 0 Å². The van der Waals surface area contributed by atoms with Crippen LogP contribution in [-0.2, 0) is 18.8 Å². The van der Waals surface area contributed by atoms with E-state index in [9.17, 15) is 14.4 Å². The van der Waals surface area contributed by atoms with E-state index in [0.29, 0.717) is 0 Å². The van der Waals surface area contributed by atoms with Gasteiger partial charge in [-0.2, -0.15) is 0 Å². The number of hydrogen-bond donors (Lipinski definition) is 2. The van der Waals surface area contributed by atoms with Crippen molar-refractivity contribution in [2.24, 2.45) is 0 Å². The van der Waals surface area contributed by atoms with Gasteiger partial charge in [0.15, 0.2) is 0 Å². The third-order valence-electron chi connectivity index (χ3n) is 11.2. The van der Waals surface area contributed by atoms with Crippen molar-refractivity contribution in [3.05, 3.63) is 29.8 Å². The van der Waals surface area contributed by atoms with E-state index in [4.69, 9.17) is 8.85 Å². The molecule has 0 saturated carbocycles. The molecule has 0 aliphatic carbocycles. The molecule has 4 unspecified atom stereocenters. The van der Waals surface area contributed by atoms with Crippen LogP contribution in [0.5, 0.6) is 5.75 Å². The predicted molar refractivity (Wildman–Crippen MR) is 199 cm³/mol. The van der Waals surface area contributed by atoms with Gasteiger partial charge in [-0.15, -0.1) is 11.8 Å². The molecule has 2 amide bonds. The fourth-order valence-electron chi connectivity index (χ4n) is 4.88. The van der Waals surface area contributed by atoms with E-state index in [1.54, 1.807) is 16.7 Å². The van der Waals surface area contributed by atoms with Crippen molar-refractivity contribution < 1.29 is 23.2 Å². The summed E-state index contributed by atoms with van der Waals surface area (Å²) in [5.41, 5.74) is 0.823. The highest BCUT2D eigenvalue weighted by molar-refractivity contribution is 8.01. The van der Waals surface area contributed by atoms with Crippen LogP contribution >= 0.6 is 11.8 Å². The summed E-state index contributed by atoms with van der Waals surface area (Å²) in [4.78, 5) is 46.8. The molecule has 12 heteroatoms. The maximum Gasteiger partial charge on any atom is 0.317 e. The SMILES string of the molecule is CC1(C)SC2C(NC(=O)C(N[Si](C)(C)C(C)(C)C)c3ccc(O[Si](C)(C)C(C)(C)C)cc3)C(=O)N2C1C(=O)O[Si](C)(C)C(C)(C)C. The minimum Gasteiger partial charge on any atom is -0.544 e. The summed E-state index contributed by atoms with van der Waals surface area (Å²) < 4.78 is 12.1. The molecule has 2 N–H and O–H groups in total. The summed E-state index contributed by atoms with van der Waals surface area (Å²) >= 11 is 1.56. The summed E-state index contributed by atoms with van der Waals surface area (Å²) in [6, 6.07) is 5.76. The molecule has 0 bridgehead atoms. The zero-order valence-corrected chi connectivity index (χ0v) is 35.3. The molecule has 0 aromatic heterocycles. The molecule has 260 valence electrons. The van der Waals surface area contributed by atoms with Crippen molar-refractivity contribution in [1.29, 1.82) is 0 Å². The highest BCUT2D eigenvalue weighted by atomic mass is 32.2. The predicted octanol–water partition coefficient (Wildman–Crippen LogP) is 7.80. The number of benzene rings is 1. The Labute approximate surface area is 286 Å². The number of hydrogen-bond acceptors (Lipinski definition) is 7. The zero-order valence-electron chi connectivity index (χ0n) is 31.5. The Morgan fingerprint density at radius 1 is 0.848 bits per heavy atom. The Morgan fingerprint density at radius 3 is 1.80 bits per heavy atom.